The van der Waals surface area contributed by atoms with Crippen molar-refractivity contribution in [3.8, 4) is 0 Å². The maximum absolute atomic E-state index is 12.1. The number of carbonyl (C=O) groups is 2. The third kappa shape index (κ3) is 4.63. The second-order valence-electron chi connectivity index (χ2n) is 5.04. The first kappa shape index (κ1) is 18.8. The Bertz CT molecular complexity index is 510. The van der Waals surface area contributed by atoms with Crippen LogP contribution in [0.1, 0.15) is 12.8 Å². The maximum Gasteiger partial charge on any atom is 0.227 e. The first-order chi connectivity index (χ1) is 10.2. The number of benzene rings is 1. The first-order valence-electron chi connectivity index (χ1n) is 7.08. The molecule has 1 aliphatic rings. The van der Waals surface area contributed by atoms with E-state index >= 15 is 0 Å². The summed E-state index contributed by atoms with van der Waals surface area (Å²) < 4.78 is 0. The number of hydrogen-bond donors (Lipinski definition) is 2. The van der Waals surface area contributed by atoms with Gasteiger partial charge in [-0.3, -0.25) is 9.59 Å². The topological polar surface area (TPSA) is 75.4 Å². The zero-order valence-electron chi connectivity index (χ0n) is 12.6. The molecule has 1 aromatic carbocycles. The summed E-state index contributed by atoms with van der Waals surface area (Å²) in [7, 11) is 0. The Labute approximate surface area is 141 Å². The third-order valence-electron chi connectivity index (χ3n) is 3.56. The van der Waals surface area contributed by atoms with Crippen LogP contribution >= 0.6 is 24.2 Å². The van der Waals surface area contributed by atoms with Crippen LogP contribution in [0.3, 0.4) is 0 Å². The SMILES string of the molecule is CSc1ccc(N2CC(C(=O)NCCCN)CC2=O)cc1.Cl. The molecule has 0 aliphatic carbocycles. The number of carbonyl (C=O) groups excluding carboxylic acids is 2. The number of nitrogens with two attached hydrogens (primary N) is 1. The van der Waals surface area contributed by atoms with Crippen LogP contribution in [0.15, 0.2) is 29.2 Å². The summed E-state index contributed by atoms with van der Waals surface area (Å²) in [4.78, 5) is 26.9. The summed E-state index contributed by atoms with van der Waals surface area (Å²) in [6, 6.07) is 7.83. The zero-order valence-corrected chi connectivity index (χ0v) is 14.2. The van der Waals surface area contributed by atoms with Gasteiger partial charge >= 0.3 is 0 Å². The van der Waals surface area contributed by atoms with Crippen molar-refractivity contribution in [3.05, 3.63) is 24.3 Å². The van der Waals surface area contributed by atoms with E-state index in [1.165, 1.54) is 0 Å². The van der Waals surface area contributed by atoms with Crippen LogP contribution in [-0.4, -0.2) is 37.7 Å². The Kier molecular flexibility index (Phi) is 7.72. The van der Waals surface area contributed by atoms with Gasteiger partial charge in [0.2, 0.25) is 11.8 Å². The number of nitrogens with zero attached hydrogens (tertiary/aromatic N) is 1. The molecule has 5 nitrogen and oxygen atoms in total. The standard InChI is InChI=1S/C15H21N3O2S.ClH/c1-21-13-5-3-12(4-6-13)18-10-11(9-14(18)19)15(20)17-8-2-7-16;/h3-6,11H,2,7-10,16H2,1H3,(H,17,20);1H. The molecule has 1 fully saturated rings. The van der Waals surface area contributed by atoms with Gasteiger partial charge in [0.15, 0.2) is 0 Å². The Balaban J connectivity index is 0.00000242. The molecule has 3 N–H and O–H groups in total. The van der Waals surface area contributed by atoms with Crippen molar-refractivity contribution in [1.29, 1.82) is 0 Å². The van der Waals surface area contributed by atoms with Gasteiger partial charge in [-0.05, 0) is 43.5 Å². The average molecular weight is 344 g/mol. The smallest absolute Gasteiger partial charge is 0.227 e. The minimum absolute atomic E-state index is 0. The van der Waals surface area contributed by atoms with E-state index in [1.54, 1.807) is 16.7 Å². The molecule has 0 saturated carbocycles. The fraction of sp³-hybridized carbons (Fsp3) is 0.467. The van der Waals surface area contributed by atoms with E-state index < -0.39 is 0 Å². The molecular weight excluding hydrogens is 322 g/mol. The molecule has 1 atom stereocenters. The van der Waals surface area contributed by atoms with Gasteiger partial charge < -0.3 is 16.0 Å². The number of anilines is 1. The van der Waals surface area contributed by atoms with Gasteiger partial charge in [-0.1, -0.05) is 0 Å². The minimum Gasteiger partial charge on any atom is -0.356 e. The Hall–Kier alpha value is -1.24. The summed E-state index contributed by atoms with van der Waals surface area (Å²) in [6.45, 7) is 1.58. The fourth-order valence-electron chi connectivity index (χ4n) is 2.35. The lowest BCUT2D eigenvalue weighted by atomic mass is 10.1. The normalized spacial score (nSPS) is 17.3. The van der Waals surface area contributed by atoms with Crippen molar-refractivity contribution in [2.75, 3.05) is 30.8 Å². The second-order valence-corrected chi connectivity index (χ2v) is 5.92. The Morgan fingerprint density at radius 2 is 2.09 bits per heavy atom. The van der Waals surface area contributed by atoms with Gasteiger partial charge in [-0.15, -0.1) is 24.2 Å². The van der Waals surface area contributed by atoms with E-state index in [9.17, 15) is 9.59 Å². The largest absolute Gasteiger partial charge is 0.356 e. The molecule has 7 heteroatoms. The molecule has 22 heavy (non-hydrogen) atoms. The van der Waals surface area contributed by atoms with Crippen LogP contribution in [-0.2, 0) is 9.59 Å². The Morgan fingerprint density at radius 1 is 1.41 bits per heavy atom. The van der Waals surface area contributed by atoms with Crippen LogP contribution in [0.25, 0.3) is 0 Å². The lowest BCUT2D eigenvalue weighted by Gasteiger charge is -2.17. The summed E-state index contributed by atoms with van der Waals surface area (Å²) in [5.41, 5.74) is 6.25. The highest BCUT2D eigenvalue weighted by atomic mass is 35.5. The monoisotopic (exact) mass is 343 g/mol. The van der Waals surface area contributed by atoms with E-state index in [0.29, 0.717) is 19.6 Å². The first-order valence-corrected chi connectivity index (χ1v) is 8.30. The minimum atomic E-state index is -0.268. The summed E-state index contributed by atoms with van der Waals surface area (Å²) in [5.74, 6) is -0.318. The van der Waals surface area contributed by atoms with E-state index in [1.807, 2.05) is 30.5 Å². The van der Waals surface area contributed by atoms with Crippen molar-refractivity contribution < 1.29 is 9.59 Å². The van der Waals surface area contributed by atoms with Crippen LogP contribution in [0, 0.1) is 5.92 Å². The number of halogens is 1. The lowest BCUT2D eigenvalue weighted by molar-refractivity contribution is -0.126. The lowest BCUT2D eigenvalue weighted by Crippen LogP contribution is -2.34. The highest BCUT2D eigenvalue weighted by molar-refractivity contribution is 7.98. The molecule has 0 spiro atoms. The van der Waals surface area contributed by atoms with Gasteiger partial charge in [-0.25, -0.2) is 0 Å². The highest BCUT2D eigenvalue weighted by Gasteiger charge is 2.34. The van der Waals surface area contributed by atoms with Crippen molar-refractivity contribution in [2.24, 2.45) is 11.7 Å². The molecule has 1 heterocycles. The predicted molar refractivity (Wildman–Crippen MR) is 92.6 cm³/mol. The summed E-state index contributed by atoms with van der Waals surface area (Å²) in [5, 5.41) is 2.84. The number of nitrogens with one attached hydrogen (secondary N) is 1. The van der Waals surface area contributed by atoms with Crippen LogP contribution < -0.4 is 16.0 Å². The molecule has 1 saturated heterocycles. The van der Waals surface area contributed by atoms with Crippen LogP contribution in [0.2, 0.25) is 0 Å². The van der Waals surface area contributed by atoms with Crippen LogP contribution in [0.4, 0.5) is 5.69 Å². The molecule has 1 unspecified atom stereocenters. The van der Waals surface area contributed by atoms with Crippen molar-refractivity contribution in [2.45, 2.75) is 17.7 Å². The summed E-state index contributed by atoms with van der Waals surface area (Å²) in [6.07, 6.45) is 3.04. The van der Waals surface area contributed by atoms with Crippen molar-refractivity contribution in [1.82, 2.24) is 5.32 Å². The molecule has 2 amide bonds. The van der Waals surface area contributed by atoms with Crippen LogP contribution in [0.5, 0.6) is 0 Å². The van der Waals surface area contributed by atoms with Crippen molar-refractivity contribution >= 4 is 41.7 Å². The van der Waals surface area contributed by atoms with Gasteiger partial charge in [0.1, 0.15) is 0 Å². The number of rotatable bonds is 6. The molecule has 122 valence electrons. The van der Waals surface area contributed by atoms with Gasteiger partial charge in [0.25, 0.3) is 0 Å². The number of amides is 2. The fourth-order valence-corrected chi connectivity index (χ4v) is 2.76. The predicted octanol–water partition coefficient (Wildman–Crippen LogP) is 1.65. The van der Waals surface area contributed by atoms with E-state index in [-0.39, 0.29) is 36.6 Å². The third-order valence-corrected chi connectivity index (χ3v) is 4.30. The number of hydrogen-bond acceptors (Lipinski definition) is 4. The molecular formula is C15H22ClN3O2S. The number of thioether (sulfide) groups is 1. The molecule has 2 rings (SSSR count). The molecule has 0 radical (unpaired) electrons. The molecule has 1 aliphatic heterocycles. The molecule has 0 bridgehead atoms. The van der Waals surface area contributed by atoms with E-state index in [2.05, 4.69) is 5.32 Å². The van der Waals surface area contributed by atoms with Gasteiger partial charge in [-0.2, -0.15) is 0 Å². The average Bonchev–Trinajstić information content (AvgIpc) is 2.89. The quantitative estimate of drug-likeness (QED) is 0.608. The maximum atomic E-state index is 12.1. The van der Waals surface area contributed by atoms with E-state index in [4.69, 9.17) is 5.73 Å². The van der Waals surface area contributed by atoms with Gasteiger partial charge in [0.05, 0.1) is 5.92 Å². The molecule has 1 aromatic rings. The molecule has 0 aromatic heterocycles. The second kappa shape index (κ2) is 9.02. The van der Waals surface area contributed by atoms with E-state index in [0.717, 1.165) is 17.0 Å². The Morgan fingerprint density at radius 3 is 2.68 bits per heavy atom. The summed E-state index contributed by atoms with van der Waals surface area (Å²) >= 11 is 1.66. The zero-order chi connectivity index (χ0) is 15.2. The highest BCUT2D eigenvalue weighted by Crippen LogP contribution is 2.27. The van der Waals surface area contributed by atoms with Crippen molar-refractivity contribution in [3.63, 3.8) is 0 Å². The van der Waals surface area contributed by atoms with Gasteiger partial charge in [0, 0.05) is 30.1 Å².